The van der Waals surface area contributed by atoms with Crippen LogP contribution in [0.25, 0.3) is 17.1 Å². The van der Waals surface area contributed by atoms with Gasteiger partial charge in [0.25, 0.3) is 5.89 Å². The maximum Gasteiger partial charge on any atom is 0.314 e. The number of piperazine rings is 1. The van der Waals surface area contributed by atoms with Gasteiger partial charge in [-0.05, 0) is 30.3 Å². The Morgan fingerprint density at radius 1 is 1.10 bits per heavy atom. The van der Waals surface area contributed by atoms with E-state index in [1.54, 1.807) is 27.8 Å². The van der Waals surface area contributed by atoms with E-state index < -0.39 is 28.3 Å². The van der Waals surface area contributed by atoms with Crippen LogP contribution in [0.15, 0.2) is 53.2 Å². The van der Waals surface area contributed by atoms with E-state index in [-0.39, 0.29) is 56.1 Å². The van der Waals surface area contributed by atoms with Gasteiger partial charge in [0, 0.05) is 44.1 Å². The summed E-state index contributed by atoms with van der Waals surface area (Å²) in [5.41, 5.74) is 1.17. The van der Waals surface area contributed by atoms with Crippen molar-refractivity contribution in [2.45, 2.75) is 13.0 Å². The van der Waals surface area contributed by atoms with Crippen molar-refractivity contribution in [3.05, 3.63) is 66.2 Å². The third-order valence-corrected chi connectivity index (χ3v) is 8.84. The number of hydrogen-bond acceptors (Lipinski definition) is 8. The van der Waals surface area contributed by atoms with E-state index in [4.69, 9.17) is 9.15 Å². The van der Waals surface area contributed by atoms with E-state index >= 15 is 0 Å². The van der Waals surface area contributed by atoms with Gasteiger partial charge < -0.3 is 18.5 Å². The number of benzene rings is 1. The summed E-state index contributed by atoms with van der Waals surface area (Å²) >= 11 is 0. The minimum Gasteiger partial charge on any atom is -0.415 e. The Labute approximate surface area is 232 Å². The highest BCUT2D eigenvalue weighted by Gasteiger charge is 2.37. The molecule has 0 radical (unpaired) electrons. The van der Waals surface area contributed by atoms with Gasteiger partial charge in [-0.15, -0.1) is 10.2 Å². The van der Waals surface area contributed by atoms with Crippen LogP contribution in [-0.2, 0) is 26.3 Å². The van der Waals surface area contributed by atoms with Gasteiger partial charge in [0.1, 0.15) is 11.5 Å². The Balaban J connectivity index is 1.26. The van der Waals surface area contributed by atoms with Crippen LogP contribution in [0.5, 0.6) is 0 Å². The lowest BCUT2D eigenvalue weighted by Crippen LogP contribution is -2.56. The van der Waals surface area contributed by atoms with Crippen LogP contribution in [0.3, 0.4) is 0 Å². The third-order valence-electron chi connectivity index (χ3n) is 6.93. The summed E-state index contributed by atoms with van der Waals surface area (Å²) in [6.07, 6.45) is 0.295. The number of fused-ring (bicyclic) bond motifs is 1. The van der Waals surface area contributed by atoms with Crippen LogP contribution in [0.4, 0.5) is 18.9 Å². The smallest absolute Gasteiger partial charge is 0.314 e. The number of nitrogens with zero attached hydrogens (tertiary/aromatic N) is 7. The molecular formula is C25H24F3N7O5S. The summed E-state index contributed by atoms with van der Waals surface area (Å²) in [6, 6.07) is 8.35. The molecule has 216 valence electrons. The topological polar surface area (TPSA) is 126 Å². The fourth-order valence-corrected chi connectivity index (χ4v) is 6.26. The predicted molar refractivity (Wildman–Crippen MR) is 137 cm³/mol. The molecule has 1 aromatic carbocycles. The summed E-state index contributed by atoms with van der Waals surface area (Å²) in [6.45, 7) is 1.13. The molecule has 1 amide bonds. The van der Waals surface area contributed by atoms with Crippen molar-refractivity contribution in [3.63, 3.8) is 0 Å². The average molecular weight is 592 g/mol. The number of ether oxygens (including phenoxy) is 1. The Morgan fingerprint density at radius 3 is 2.54 bits per heavy atom. The average Bonchev–Trinajstić information content (AvgIpc) is 3.58. The van der Waals surface area contributed by atoms with Crippen molar-refractivity contribution in [2.24, 2.45) is 5.92 Å². The number of pyridine rings is 1. The van der Waals surface area contributed by atoms with E-state index in [0.717, 1.165) is 10.4 Å². The normalized spacial score (nSPS) is 16.8. The largest absolute Gasteiger partial charge is 0.415 e. The van der Waals surface area contributed by atoms with Crippen LogP contribution in [0, 0.1) is 11.7 Å². The number of hydrogen-bond donors (Lipinski definition) is 0. The monoisotopic (exact) mass is 591 g/mol. The second-order valence-corrected chi connectivity index (χ2v) is 11.5. The third kappa shape index (κ3) is 5.37. The molecule has 12 nitrogen and oxygen atoms in total. The van der Waals surface area contributed by atoms with E-state index in [1.807, 2.05) is 0 Å². The zero-order valence-corrected chi connectivity index (χ0v) is 22.3. The Bertz CT molecular complexity index is 1680. The lowest BCUT2D eigenvalue weighted by Gasteiger charge is -2.39. The predicted octanol–water partition coefficient (Wildman–Crippen LogP) is 2.50. The summed E-state index contributed by atoms with van der Waals surface area (Å²) < 4.78 is 81.7. The summed E-state index contributed by atoms with van der Waals surface area (Å²) in [7, 11) is -4.16. The number of carbonyl (C=O) groups excluding carboxylic acids is 1. The Hall–Kier alpha value is -4.02. The number of anilines is 1. The fourth-order valence-electron chi connectivity index (χ4n) is 4.68. The lowest BCUT2D eigenvalue weighted by molar-refractivity contribution is -0.151. The standard InChI is InChI=1S/C25H24F3N7O5S/c26-18-2-1-3-20(11-18)35(41(37,38)34-8-6-32(7-9-34)25(36)17-14-39-15-17)13-19-12-33-5-4-16(10-21(33)29-19)23-30-31-24(40-23)22(27)28/h1-5,10-12,17,22H,6-9,13-15H2. The molecule has 0 atom stereocenters. The van der Waals surface area contributed by atoms with Crippen molar-refractivity contribution < 1.29 is 35.5 Å². The van der Waals surface area contributed by atoms with E-state index in [9.17, 15) is 26.4 Å². The maximum absolute atomic E-state index is 14.2. The van der Waals surface area contributed by atoms with Crippen molar-refractivity contribution >= 4 is 27.5 Å². The molecule has 2 aliphatic heterocycles. The second kappa shape index (κ2) is 10.8. The number of imidazole rings is 1. The zero-order valence-electron chi connectivity index (χ0n) is 21.4. The summed E-state index contributed by atoms with van der Waals surface area (Å²) in [4.78, 5) is 18.7. The maximum atomic E-state index is 14.2. The first-order valence-electron chi connectivity index (χ1n) is 12.7. The molecule has 6 rings (SSSR count). The first-order chi connectivity index (χ1) is 19.7. The summed E-state index contributed by atoms with van der Waals surface area (Å²) in [5, 5.41) is 6.97. The lowest BCUT2D eigenvalue weighted by atomic mass is 10.1. The first-order valence-corrected chi connectivity index (χ1v) is 14.1. The molecule has 0 bridgehead atoms. The molecular weight excluding hydrogens is 567 g/mol. The molecule has 0 unspecified atom stereocenters. The molecule has 2 saturated heterocycles. The van der Waals surface area contributed by atoms with Gasteiger partial charge in [-0.3, -0.25) is 9.10 Å². The second-order valence-electron chi connectivity index (χ2n) is 9.61. The number of halogens is 3. The summed E-state index contributed by atoms with van der Waals surface area (Å²) in [5.74, 6) is -1.77. The van der Waals surface area contributed by atoms with Crippen LogP contribution < -0.4 is 4.31 Å². The molecule has 0 saturated carbocycles. The quantitative estimate of drug-likeness (QED) is 0.306. The van der Waals surface area contributed by atoms with Gasteiger partial charge >= 0.3 is 16.6 Å². The van der Waals surface area contributed by atoms with Crippen LogP contribution in [0.2, 0.25) is 0 Å². The van der Waals surface area contributed by atoms with Crippen molar-refractivity contribution in [3.8, 4) is 11.5 Å². The fraction of sp³-hybridized carbons (Fsp3) is 0.360. The minimum absolute atomic E-state index is 0.0506. The SMILES string of the molecule is O=C(C1COC1)N1CCN(S(=O)(=O)N(Cc2cn3ccc(-c4nnc(C(F)F)o4)cc3n2)c2cccc(F)c2)CC1. The molecule has 5 heterocycles. The van der Waals surface area contributed by atoms with Crippen LogP contribution in [0.1, 0.15) is 18.0 Å². The van der Waals surface area contributed by atoms with Crippen molar-refractivity contribution in [1.82, 2.24) is 28.8 Å². The number of aromatic nitrogens is 4. The number of amides is 1. The van der Waals surface area contributed by atoms with Gasteiger partial charge in [-0.25, -0.2) is 9.37 Å². The van der Waals surface area contributed by atoms with Gasteiger partial charge in [0.2, 0.25) is 11.8 Å². The molecule has 0 spiro atoms. The zero-order chi connectivity index (χ0) is 28.7. The molecule has 3 aromatic heterocycles. The van der Waals surface area contributed by atoms with Crippen LogP contribution in [-0.4, -0.2) is 82.5 Å². The number of carbonyl (C=O) groups is 1. The van der Waals surface area contributed by atoms with Gasteiger partial charge in [0.05, 0.1) is 37.1 Å². The molecule has 0 aliphatic carbocycles. The molecule has 16 heteroatoms. The number of alkyl halides is 2. The highest BCUT2D eigenvalue weighted by Crippen LogP contribution is 2.27. The molecule has 2 aliphatic rings. The van der Waals surface area contributed by atoms with E-state index in [2.05, 4.69) is 15.2 Å². The highest BCUT2D eigenvalue weighted by molar-refractivity contribution is 7.90. The molecule has 0 N–H and O–H groups in total. The Morgan fingerprint density at radius 2 is 1.88 bits per heavy atom. The van der Waals surface area contributed by atoms with Crippen LogP contribution >= 0.6 is 0 Å². The minimum atomic E-state index is -4.16. The van der Waals surface area contributed by atoms with Crippen molar-refractivity contribution in [1.29, 1.82) is 0 Å². The first kappa shape index (κ1) is 27.2. The molecule has 4 aromatic rings. The molecule has 41 heavy (non-hydrogen) atoms. The van der Waals surface area contributed by atoms with Gasteiger partial charge in [-0.2, -0.15) is 21.5 Å². The van der Waals surface area contributed by atoms with Gasteiger partial charge in [-0.1, -0.05) is 6.07 Å². The van der Waals surface area contributed by atoms with E-state index in [0.29, 0.717) is 30.1 Å². The van der Waals surface area contributed by atoms with Crippen molar-refractivity contribution in [2.75, 3.05) is 43.7 Å². The number of rotatable bonds is 8. The Kier molecular flexibility index (Phi) is 7.13. The highest BCUT2D eigenvalue weighted by atomic mass is 32.2. The van der Waals surface area contributed by atoms with Gasteiger partial charge in [0.15, 0.2) is 0 Å². The van der Waals surface area contributed by atoms with E-state index in [1.165, 1.54) is 28.6 Å². The molecule has 2 fully saturated rings.